The lowest BCUT2D eigenvalue weighted by Gasteiger charge is -2.06. The van der Waals surface area contributed by atoms with E-state index in [4.69, 9.17) is 0 Å². The van der Waals surface area contributed by atoms with Gasteiger partial charge in [-0.15, -0.1) is 0 Å². The molecule has 0 unspecified atom stereocenters. The number of carboxylic acid groups (broad SMARTS) is 1. The number of aryl methyl sites for hydroxylation is 1. The Morgan fingerprint density at radius 1 is 1.38 bits per heavy atom. The normalized spacial score (nSPS) is 11.2. The second kappa shape index (κ2) is 3.67. The summed E-state index contributed by atoms with van der Waals surface area (Å²) in [5, 5.41) is 10.0. The highest BCUT2D eigenvalue weighted by atomic mass is 16.4. The molecule has 0 atom stereocenters. The Labute approximate surface area is 94.1 Å². The Balaban J connectivity index is 2.88. The van der Waals surface area contributed by atoms with Crippen molar-refractivity contribution in [3.05, 3.63) is 35.0 Å². The third kappa shape index (κ3) is 1.48. The molecule has 0 saturated carbocycles. The molecule has 2 aromatic rings. The summed E-state index contributed by atoms with van der Waals surface area (Å²) < 4.78 is 0. The van der Waals surface area contributed by atoms with Gasteiger partial charge in [-0.05, 0) is 30.5 Å². The van der Waals surface area contributed by atoms with Crippen LogP contribution in [0, 0.1) is 6.92 Å². The van der Waals surface area contributed by atoms with Crippen molar-refractivity contribution in [1.29, 1.82) is 0 Å². The van der Waals surface area contributed by atoms with E-state index in [1.54, 1.807) is 12.1 Å². The number of aromatic carboxylic acids is 1. The van der Waals surface area contributed by atoms with Crippen LogP contribution in [0.1, 0.15) is 41.4 Å². The Morgan fingerprint density at radius 3 is 2.62 bits per heavy atom. The van der Waals surface area contributed by atoms with Gasteiger partial charge in [-0.2, -0.15) is 0 Å². The number of hydrogen-bond donors (Lipinski definition) is 2. The van der Waals surface area contributed by atoms with E-state index in [1.807, 2.05) is 13.0 Å². The van der Waals surface area contributed by atoms with Crippen LogP contribution in [0.3, 0.4) is 0 Å². The minimum absolute atomic E-state index is 0.314. The number of carbonyl (C=O) groups is 1. The van der Waals surface area contributed by atoms with Crippen LogP contribution in [-0.4, -0.2) is 16.1 Å². The van der Waals surface area contributed by atoms with Crippen LogP contribution in [0.4, 0.5) is 0 Å². The molecule has 3 nitrogen and oxygen atoms in total. The first-order valence-corrected chi connectivity index (χ1v) is 5.37. The Bertz CT molecular complexity index is 552. The summed E-state index contributed by atoms with van der Waals surface area (Å²) >= 11 is 0. The summed E-state index contributed by atoms with van der Waals surface area (Å²) in [6.45, 7) is 6.14. The van der Waals surface area contributed by atoms with Crippen LogP contribution in [0.25, 0.3) is 10.9 Å². The third-order valence-electron chi connectivity index (χ3n) is 2.87. The molecule has 0 saturated heterocycles. The van der Waals surface area contributed by atoms with Gasteiger partial charge in [0.05, 0.1) is 5.56 Å². The zero-order valence-corrected chi connectivity index (χ0v) is 9.66. The molecule has 0 aliphatic heterocycles. The van der Waals surface area contributed by atoms with Gasteiger partial charge in [0.15, 0.2) is 0 Å². The molecule has 0 aliphatic rings. The molecule has 16 heavy (non-hydrogen) atoms. The number of H-pyrrole nitrogens is 1. The lowest BCUT2D eigenvalue weighted by Crippen LogP contribution is -1.99. The van der Waals surface area contributed by atoms with Gasteiger partial charge in [-0.1, -0.05) is 19.9 Å². The Morgan fingerprint density at radius 2 is 2.06 bits per heavy atom. The molecule has 84 valence electrons. The van der Waals surface area contributed by atoms with Crippen LogP contribution in [0.15, 0.2) is 18.2 Å². The molecular weight excluding hydrogens is 202 g/mol. The fourth-order valence-corrected chi connectivity index (χ4v) is 2.30. The number of benzene rings is 1. The van der Waals surface area contributed by atoms with Crippen molar-refractivity contribution >= 4 is 16.9 Å². The Kier molecular flexibility index (Phi) is 2.46. The van der Waals surface area contributed by atoms with E-state index >= 15 is 0 Å². The highest BCUT2D eigenvalue weighted by molar-refractivity contribution is 6.05. The molecule has 0 spiro atoms. The zero-order chi connectivity index (χ0) is 11.9. The molecular formula is C13H15NO2. The minimum Gasteiger partial charge on any atom is -0.478 e. The van der Waals surface area contributed by atoms with Crippen molar-refractivity contribution in [1.82, 2.24) is 4.98 Å². The fourth-order valence-electron chi connectivity index (χ4n) is 2.30. The lowest BCUT2D eigenvalue weighted by atomic mass is 9.96. The van der Waals surface area contributed by atoms with E-state index in [0.29, 0.717) is 11.5 Å². The highest BCUT2D eigenvalue weighted by Gasteiger charge is 2.17. The molecule has 2 rings (SSSR count). The van der Waals surface area contributed by atoms with E-state index in [0.717, 1.165) is 22.2 Å². The van der Waals surface area contributed by atoms with Gasteiger partial charge in [-0.3, -0.25) is 0 Å². The van der Waals surface area contributed by atoms with Crippen molar-refractivity contribution < 1.29 is 9.90 Å². The second-order valence-electron chi connectivity index (χ2n) is 4.35. The predicted octanol–water partition coefficient (Wildman–Crippen LogP) is 3.30. The minimum atomic E-state index is -0.869. The largest absolute Gasteiger partial charge is 0.478 e. The van der Waals surface area contributed by atoms with E-state index < -0.39 is 5.97 Å². The maximum Gasteiger partial charge on any atom is 0.336 e. The van der Waals surface area contributed by atoms with Gasteiger partial charge in [0.1, 0.15) is 0 Å². The SMILES string of the molecule is Cc1[nH]c2cccc(C(=O)O)c2c1C(C)C. The van der Waals surface area contributed by atoms with E-state index in [-0.39, 0.29) is 0 Å². The van der Waals surface area contributed by atoms with Crippen LogP contribution in [-0.2, 0) is 0 Å². The topological polar surface area (TPSA) is 53.1 Å². The standard InChI is InChI=1S/C13H15NO2/c1-7(2)11-8(3)14-10-6-4-5-9(12(10)11)13(15)16/h4-7,14H,1-3H3,(H,15,16). The third-order valence-corrected chi connectivity index (χ3v) is 2.87. The summed E-state index contributed by atoms with van der Waals surface area (Å²) in [5.74, 6) is -0.555. The molecule has 2 N–H and O–H groups in total. The summed E-state index contributed by atoms with van der Waals surface area (Å²) in [6, 6.07) is 5.34. The molecule has 0 fully saturated rings. The fraction of sp³-hybridized carbons (Fsp3) is 0.308. The zero-order valence-electron chi connectivity index (χ0n) is 9.66. The number of fused-ring (bicyclic) bond motifs is 1. The molecule has 0 aliphatic carbocycles. The summed E-state index contributed by atoms with van der Waals surface area (Å²) in [6.07, 6.45) is 0. The van der Waals surface area contributed by atoms with Gasteiger partial charge in [0.25, 0.3) is 0 Å². The predicted molar refractivity (Wildman–Crippen MR) is 64.1 cm³/mol. The number of hydrogen-bond acceptors (Lipinski definition) is 1. The molecule has 3 heteroatoms. The molecule has 0 radical (unpaired) electrons. The number of aromatic nitrogens is 1. The van der Waals surface area contributed by atoms with Crippen LogP contribution >= 0.6 is 0 Å². The van der Waals surface area contributed by atoms with Gasteiger partial charge < -0.3 is 10.1 Å². The van der Waals surface area contributed by atoms with E-state index in [9.17, 15) is 9.90 Å². The van der Waals surface area contributed by atoms with Crippen molar-refractivity contribution in [3.8, 4) is 0 Å². The monoisotopic (exact) mass is 217 g/mol. The van der Waals surface area contributed by atoms with Crippen LogP contribution < -0.4 is 0 Å². The molecule has 1 heterocycles. The van der Waals surface area contributed by atoms with E-state index in [2.05, 4.69) is 18.8 Å². The first kappa shape index (κ1) is 10.7. The number of aromatic amines is 1. The summed E-state index contributed by atoms with van der Waals surface area (Å²) in [5.41, 5.74) is 3.44. The van der Waals surface area contributed by atoms with Gasteiger partial charge >= 0.3 is 5.97 Å². The lowest BCUT2D eigenvalue weighted by molar-refractivity contribution is 0.0699. The smallest absolute Gasteiger partial charge is 0.336 e. The van der Waals surface area contributed by atoms with Crippen molar-refractivity contribution in [3.63, 3.8) is 0 Å². The van der Waals surface area contributed by atoms with Gasteiger partial charge in [0, 0.05) is 16.6 Å². The molecule has 0 amide bonds. The first-order chi connectivity index (χ1) is 7.52. The first-order valence-electron chi connectivity index (χ1n) is 5.37. The number of carboxylic acids is 1. The summed E-state index contributed by atoms with van der Waals surface area (Å²) in [7, 11) is 0. The van der Waals surface area contributed by atoms with Gasteiger partial charge in [-0.25, -0.2) is 4.79 Å². The maximum absolute atomic E-state index is 11.2. The van der Waals surface area contributed by atoms with Crippen LogP contribution in [0.2, 0.25) is 0 Å². The average molecular weight is 217 g/mol. The van der Waals surface area contributed by atoms with Crippen molar-refractivity contribution in [2.45, 2.75) is 26.7 Å². The maximum atomic E-state index is 11.2. The molecule has 1 aromatic heterocycles. The average Bonchev–Trinajstić information content (AvgIpc) is 2.52. The van der Waals surface area contributed by atoms with Crippen molar-refractivity contribution in [2.24, 2.45) is 0 Å². The second-order valence-corrected chi connectivity index (χ2v) is 4.35. The van der Waals surface area contributed by atoms with Crippen LogP contribution in [0.5, 0.6) is 0 Å². The quantitative estimate of drug-likeness (QED) is 0.810. The highest BCUT2D eigenvalue weighted by Crippen LogP contribution is 2.31. The molecule has 1 aromatic carbocycles. The van der Waals surface area contributed by atoms with Gasteiger partial charge in [0.2, 0.25) is 0 Å². The molecule has 0 bridgehead atoms. The number of rotatable bonds is 2. The number of nitrogens with one attached hydrogen (secondary N) is 1. The summed E-state index contributed by atoms with van der Waals surface area (Å²) in [4.78, 5) is 14.4. The van der Waals surface area contributed by atoms with E-state index in [1.165, 1.54) is 0 Å². The van der Waals surface area contributed by atoms with Crippen molar-refractivity contribution in [2.75, 3.05) is 0 Å². The Hall–Kier alpha value is -1.77.